The second-order valence-corrected chi connectivity index (χ2v) is 6.74. The molecule has 0 bridgehead atoms. The van der Waals surface area contributed by atoms with E-state index in [2.05, 4.69) is 4.98 Å². The summed E-state index contributed by atoms with van der Waals surface area (Å²) in [5, 5.41) is 8.56. The van der Waals surface area contributed by atoms with Crippen LogP contribution in [0.4, 0.5) is 0 Å². The quantitative estimate of drug-likeness (QED) is 0.878. The van der Waals surface area contributed by atoms with Gasteiger partial charge in [0.2, 0.25) is 0 Å². The third kappa shape index (κ3) is 3.32. The number of sulfone groups is 1. The van der Waals surface area contributed by atoms with Crippen molar-refractivity contribution in [1.82, 2.24) is 4.98 Å². The average molecular weight is 273 g/mol. The van der Waals surface area contributed by atoms with Gasteiger partial charge in [0.05, 0.1) is 24.1 Å². The lowest BCUT2D eigenvalue weighted by Gasteiger charge is -2.18. The molecule has 1 saturated heterocycles. The molecule has 7 heteroatoms. The Balaban J connectivity index is 2.03. The van der Waals surface area contributed by atoms with E-state index in [1.165, 1.54) is 6.20 Å². The molecule has 0 spiro atoms. The number of hydrogen-bond acceptors (Lipinski definition) is 5. The molecule has 0 saturated carbocycles. The van der Waals surface area contributed by atoms with Crippen LogP contribution < -0.4 is 0 Å². The van der Waals surface area contributed by atoms with Crippen LogP contribution in [0.3, 0.4) is 0 Å². The molecule has 18 heavy (non-hydrogen) atoms. The zero-order chi connectivity index (χ0) is 13.2. The summed E-state index contributed by atoms with van der Waals surface area (Å²) in [7, 11) is -2.99. The van der Waals surface area contributed by atoms with E-state index in [4.69, 9.17) is 9.52 Å². The van der Waals surface area contributed by atoms with E-state index in [1.807, 2.05) is 0 Å². The topological polar surface area (TPSA) is 97.5 Å². The zero-order valence-electron chi connectivity index (χ0n) is 9.83. The van der Waals surface area contributed by atoms with Gasteiger partial charge in [0.1, 0.15) is 5.76 Å². The van der Waals surface area contributed by atoms with Crippen molar-refractivity contribution in [1.29, 1.82) is 0 Å². The number of nitrogens with zero attached hydrogens (tertiary/aromatic N) is 1. The van der Waals surface area contributed by atoms with Gasteiger partial charge in [-0.05, 0) is 12.8 Å². The summed E-state index contributed by atoms with van der Waals surface area (Å²) in [4.78, 5) is 14.5. The fraction of sp³-hybridized carbons (Fsp3) is 0.636. The average Bonchev–Trinajstić information content (AvgIpc) is 2.73. The highest BCUT2D eigenvalue weighted by Crippen LogP contribution is 2.28. The maximum atomic E-state index is 11.5. The van der Waals surface area contributed by atoms with Gasteiger partial charge in [-0.3, -0.25) is 4.79 Å². The maximum absolute atomic E-state index is 11.5. The molecule has 6 nitrogen and oxygen atoms in total. The van der Waals surface area contributed by atoms with E-state index >= 15 is 0 Å². The van der Waals surface area contributed by atoms with E-state index in [1.54, 1.807) is 0 Å². The maximum Gasteiger partial charge on any atom is 0.303 e. The van der Waals surface area contributed by atoms with Crippen molar-refractivity contribution >= 4 is 15.8 Å². The van der Waals surface area contributed by atoms with Gasteiger partial charge in [-0.25, -0.2) is 13.4 Å². The van der Waals surface area contributed by atoms with Crippen molar-refractivity contribution in [3.63, 3.8) is 0 Å². The SMILES string of the molecule is O=C(O)CCc1cnc(C2CCCS(=O)(=O)C2)o1. The number of aryl methyl sites for hydroxylation is 1. The second-order valence-electron chi connectivity index (χ2n) is 4.51. The fourth-order valence-corrected chi connectivity index (χ4v) is 3.77. The molecule has 100 valence electrons. The Morgan fingerprint density at radius 2 is 2.33 bits per heavy atom. The first-order valence-electron chi connectivity index (χ1n) is 5.83. The molecule has 0 radical (unpaired) electrons. The third-order valence-corrected chi connectivity index (χ3v) is 4.79. The molecule has 1 aliphatic rings. The van der Waals surface area contributed by atoms with Crippen molar-refractivity contribution < 1.29 is 22.7 Å². The number of aromatic nitrogens is 1. The standard InChI is InChI=1S/C11H15NO5S/c13-10(14)4-3-9-6-12-11(17-9)8-2-1-5-18(15,16)7-8/h6,8H,1-5,7H2,(H,13,14). The molecular formula is C11H15NO5S. The van der Waals surface area contributed by atoms with Crippen molar-refractivity contribution in [2.24, 2.45) is 0 Å². The number of carboxylic acids is 1. The number of aliphatic carboxylic acids is 1. The smallest absolute Gasteiger partial charge is 0.303 e. The molecule has 1 aromatic rings. The summed E-state index contributed by atoms with van der Waals surface area (Å²) in [6.45, 7) is 0. The second kappa shape index (κ2) is 5.09. The van der Waals surface area contributed by atoms with Gasteiger partial charge in [0.15, 0.2) is 15.7 Å². The van der Waals surface area contributed by atoms with E-state index in [-0.39, 0.29) is 30.3 Å². The normalized spacial score (nSPS) is 22.8. The van der Waals surface area contributed by atoms with Gasteiger partial charge in [-0.1, -0.05) is 0 Å². The van der Waals surface area contributed by atoms with Gasteiger partial charge >= 0.3 is 5.97 Å². The number of carbonyl (C=O) groups is 1. The van der Waals surface area contributed by atoms with Crippen molar-refractivity contribution in [2.75, 3.05) is 11.5 Å². The molecule has 1 N–H and O–H groups in total. The van der Waals surface area contributed by atoms with Crippen LogP contribution in [0.5, 0.6) is 0 Å². The van der Waals surface area contributed by atoms with E-state index < -0.39 is 15.8 Å². The van der Waals surface area contributed by atoms with Crippen LogP contribution in [0, 0.1) is 0 Å². The highest BCUT2D eigenvalue weighted by molar-refractivity contribution is 7.91. The van der Waals surface area contributed by atoms with Crippen LogP contribution in [-0.4, -0.2) is 36.0 Å². The third-order valence-electron chi connectivity index (χ3n) is 2.97. The Bertz CT molecular complexity index is 533. The summed E-state index contributed by atoms with van der Waals surface area (Å²) in [6.07, 6.45) is 3.12. The fourth-order valence-electron chi connectivity index (χ4n) is 2.07. The zero-order valence-corrected chi connectivity index (χ0v) is 10.6. The highest BCUT2D eigenvalue weighted by atomic mass is 32.2. The molecule has 1 fully saturated rings. The number of carboxylic acid groups (broad SMARTS) is 1. The molecule has 1 aromatic heterocycles. The first-order valence-corrected chi connectivity index (χ1v) is 7.65. The Morgan fingerprint density at radius 3 is 3.00 bits per heavy atom. The van der Waals surface area contributed by atoms with Gasteiger partial charge < -0.3 is 9.52 Å². The Labute approximate surface area is 105 Å². The summed E-state index contributed by atoms with van der Waals surface area (Å²) >= 11 is 0. The largest absolute Gasteiger partial charge is 0.481 e. The molecular weight excluding hydrogens is 258 g/mol. The lowest BCUT2D eigenvalue weighted by Crippen LogP contribution is -2.23. The van der Waals surface area contributed by atoms with Gasteiger partial charge in [-0.15, -0.1) is 0 Å². The summed E-state index contributed by atoms with van der Waals surface area (Å²) < 4.78 is 28.4. The van der Waals surface area contributed by atoms with Crippen LogP contribution in [0.1, 0.15) is 36.8 Å². The van der Waals surface area contributed by atoms with Gasteiger partial charge in [-0.2, -0.15) is 0 Å². The molecule has 0 aliphatic carbocycles. The van der Waals surface area contributed by atoms with Crippen LogP contribution in [0.25, 0.3) is 0 Å². The molecule has 2 rings (SSSR count). The van der Waals surface area contributed by atoms with Gasteiger partial charge in [0, 0.05) is 12.3 Å². The van der Waals surface area contributed by atoms with Crippen molar-refractivity contribution in [2.45, 2.75) is 31.6 Å². The van der Waals surface area contributed by atoms with Crippen LogP contribution in [-0.2, 0) is 21.1 Å². The van der Waals surface area contributed by atoms with Crippen molar-refractivity contribution in [3.05, 3.63) is 17.8 Å². The molecule has 2 heterocycles. The summed E-state index contributed by atoms with van der Waals surface area (Å²) in [6, 6.07) is 0. The first kappa shape index (κ1) is 13.1. The monoisotopic (exact) mass is 273 g/mol. The predicted molar refractivity (Wildman–Crippen MR) is 63.1 cm³/mol. The van der Waals surface area contributed by atoms with Crippen molar-refractivity contribution in [3.8, 4) is 0 Å². The molecule has 0 aromatic carbocycles. The number of hydrogen-bond donors (Lipinski definition) is 1. The lowest BCUT2D eigenvalue weighted by atomic mass is 10.1. The number of oxazole rings is 1. The predicted octanol–water partition coefficient (Wildman–Crippen LogP) is 0.984. The molecule has 1 atom stereocenters. The molecule has 1 aliphatic heterocycles. The van der Waals surface area contributed by atoms with E-state index in [0.717, 1.165) is 6.42 Å². The minimum absolute atomic E-state index is 0.0163. The van der Waals surface area contributed by atoms with E-state index in [9.17, 15) is 13.2 Å². The Morgan fingerprint density at radius 1 is 1.56 bits per heavy atom. The highest BCUT2D eigenvalue weighted by Gasteiger charge is 2.29. The first-order chi connectivity index (χ1) is 8.46. The van der Waals surface area contributed by atoms with Gasteiger partial charge in [0.25, 0.3) is 0 Å². The van der Waals surface area contributed by atoms with Crippen LogP contribution in [0.2, 0.25) is 0 Å². The summed E-state index contributed by atoms with van der Waals surface area (Å²) in [5.74, 6) is 0.131. The van der Waals surface area contributed by atoms with Crippen LogP contribution in [0.15, 0.2) is 10.6 Å². The molecule has 1 unspecified atom stereocenters. The minimum Gasteiger partial charge on any atom is -0.481 e. The number of rotatable bonds is 4. The Hall–Kier alpha value is -1.37. The van der Waals surface area contributed by atoms with Crippen LogP contribution >= 0.6 is 0 Å². The Kier molecular flexibility index (Phi) is 3.70. The minimum atomic E-state index is -2.99. The summed E-state index contributed by atoms with van der Waals surface area (Å²) in [5.41, 5.74) is 0. The van der Waals surface area contributed by atoms with E-state index in [0.29, 0.717) is 18.1 Å². The molecule has 0 amide bonds. The lowest BCUT2D eigenvalue weighted by molar-refractivity contribution is -0.137.